The van der Waals surface area contributed by atoms with Crippen molar-refractivity contribution < 1.29 is 47.1 Å². The number of hydrogen-bond donors (Lipinski definition) is 5. The number of carbonyl (C=O) groups excluding carboxylic acids is 7. The van der Waals surface area contributed by atoms with Crippen molar-refractivity contribution in [2.75, 3.05) is 25.0 Å². The number of Topliss-reactive ketones (excluding diaryl/α,β-unsaturated/α-hetero) is 1. The van der Waals surface area contributed by atoms with E-state index in [1.165, 1.54) is 23.1 Å². The molecule has 6 N–H and O–H groups in total. The molecule has 384 valence electrons. The van der Waals surface area contributed by atoms with E-state index in [2.05, 4.69) is 30.9 Å². The van der Waals surface area contributed by atoms with Crippen LogP contribution in [0, 0.1) is 30.4 Å². The van der Waals surface area contributed by atoms with Crippen molar-refractivity contribution in [1.29, 1.82) is 0 Å². The number of pyridine rings is 2. The Morgan fingerprint density at radius 2 is 1.56 bits per heavy atom. The van der Waals surface area contributed by atoms with Crippen LogP contribution < -0.4 is 21.7 Å². The van der Waals surface area contributed by atoms with Gasteiger partial charge < -0.3 is 36.3 Å². The molecule has 0 aliphatic carbocycles. The maximum absolute atomic E-state index is 14.8. The fraction of sp³-hybridized carbons (Fsp3) is 0.358. The summed E-state index contributed by atoms with van der Waals surface area (Å²) < 4.78 is 35.3. The number of ketones is 1. The highest BCUT2D eigenvalue weighted by Gasteiger charge is 2.30. The van der Waals surface area contributed by atoms with Gasteiger partial charge in [-0.1, -0.05) is 44.5 Å². The van der Waals surface area contributed by atoms with Crippen molar-refractivity contribution in [2.24, 2.45) is 17.6 Å². The number of anilines is 1. The van der Waals surface area contributed by atoms with Gasteiger partial charge in [0.2, 0.25) is 11.8 Å². The molecule has 0 spiro atoms. The van der Waals surface area contributed by atoms with Crippen LogP contribution in [0.15, 0.2) is 97.3 Å². The van der Waals surface area contributed by atoms with Gasteiger partial charge >= 0.3 is 12.1 Å². The van der Waals surface area contributed by atoms with Crippen LogP contribution in [0.1, 0.15) is 81.4 Å². The third kappa shape index (κ3) is 15.9. The van der Waals surface area contributed by atoms with Crippen LogP contribution in [0.4, 0.5) is 24.1 Å². The van der Waals surface area contributed by atoms with Crippen molar-refractivity contribution >= 4 is 47.2 Å². The summed E-state index contributed by atoms with van der Waals surface area (Å²) in [6.07, 6.45) is 6.77. The van der Waals surface area contributed by atoms with Gasteiger partial charge in [-0.25, -0.2) is 23.4 Å². The number of nitrogens with zero attached hydrogens (tertiary/aromatic N) is 5. The molecule has 0 fully saturated rings. The smallest absolute Gasteiger partial charge is 0.410 e. The quantitative estimate of drug-likeness (QED) is 0.0276. The third-order valence-corrected chi connectivity index (χ3v) is 12.1. The van der Waals surface area contributed by atoms with E-state index in [9.17, 15) is 42.3 Å². The number of nitrogens with one attached hydrogen (secondary N) is 4. The maximum atomic E-state index is 14.8. The molecule has 0 saturated heterocycles. The lowest BCUT2D eigenvalue weighted by molar-refractivity contribution is -0.137. The third-order valence-electron chi connectivity index (χ3n) is 12.1. The highest BCUT2D eigenvalue weighted by Crippen LogP contribution is 2.30. The summed E-state index contributed by atoms with van der Waals surface area (Å²) in [7, 11) is 0. The molecule has 1 aliphatic heterocycles. The van der Waals surface area contributed by atoms with E-state index >= 15 is 0 Å². The zero-order valence-corrected chi connectivity index (χ0v) is 41.0. The number of amides is 7. The van der Waals surface area contributed by atoms with E-state index in [1.54, 1.807) is 62.6 Å². The molecule has 4 heterocycles. The van der Waals surface area contributed by atoms with Gasteiger partial charge in [-0.3, -0.25) is 38.8 Å². The molecule has 7 amide bonds. The summed E-state index contributed by atoms with van der Waals surface area (Å²) in [6.45, 7) is 5.39. The Hall–Kier alpha value is -8.16. The van der Waals surface area contributed by atoms with Crippen molar-refractivity contribution in [3.8, 4) is 22.6 Å². The maximum Gasteiger partial charge on any atom is 0.410 e. The van der Waals surface area contributed by atoms with Crippen LogP contribution in [0.2, 0.25) is 0 Å². The number of aromatic nitrogens is 4. The number of hydrogen-bond acceptors (Lipinski definition) is 11. The van der Waals surface area contributed by atoms with E-state index in [-0.39, 0.29) is 93.5 Å². The van der Waals surface area contributed by atoms with Crippen molar-refractivity contribution in [1.82, 2.24) is 40.4 Å². The number of carbonyl (C=O) groups is 7. The van der Waals surface area contributed by atoms with E-state index in [1.807, 2.05) is 25.1 Å². The molecule has 18 nitrogen and oxygen atoms in total. The second-order valence-electron chi connectivity index (χ2n) is 18.0. The Morgan fingerprint density at radius 3 is 2.23 bits per heavy atom. The predicted molar refractivity (Wildman–Crippen MR) is 267 cm³/mol. The number of halogens is 2. The Morgan fingerprint density at radius 1 is 0.863 bits per heavy atom. The normalized spacial score (nSPS) is 12.9. The molecule has 0 bridgehead atoms. The van der Waals surface area contributed by atoms with E-state index in [0.717, 1.165) is 28.3 Å². The van der Waals surface area contributed by atoms with Crippen LogP contribution in [-0.2, 0) is 48.3 Å². The van der Waals surface area contributed by atoms with Gasteiger partial charge in [0.25, 0.3) is 11.8 Å². The van der Waals surface area contributed by atoms with Crippen LogP contribution >= 0.6 is 0 Å². The fourth-order valence-corrected chi connectivity index (χ4v) is 8.19. The molecule has 1 aliphatic rings. The highest BCUT2D eigenvalue weighted by atomic mass is 19.1. The molecule has 3 aromatic heterocycles. The number of rotatable bonds is 26. The first-order chi connectivity index (χ1) is 35.1. The Labute approximate surface area is 421 Å². The van der Waals surface area contributed by atoms with Gasteiger partial charge in [-0.2, -0.15) is 0 Å². The molecule has 2 aromatic carbocycles. The summed E-state index contributed by atoms with van der Waals surface area (Å²) in [5.41, 5.74) is 9.26. The van der Waals surface area contributed by atoms with Crippen LogP contribution in [-0.4, -0.2) is 96.9 Å². The average Bonchev–Trinajstić information content (AvgIpc) is 3.94. The fourth-order valence-electron chi connectivity index (χ4n) is 8.19. The molecule has 2 atom stereocenters. The molecule has 0 unspecified atom stereocenters. The number of imidazole rings is 1. The summed E-state index contributed by atoms with van der Waals surface area (Å²) in [6, 6.07) is 17.6. The zero-order chi connectivity index (χ0) is 52.4. The van der Waals surface area contributed by atoms with Gasteiger partial charge in [0.1, 0.15) is 24.1 Å². The zero-order valence-electron chi connectivity index (χ0n) is 41.0. The SMILES string of the molecule is Cc1cccc(-c2[nH]c(CN(CCc3c(F)cccc3F)C(=O)OCc3ccc(NC(=O)[C@H](CCCNC(N)=O)CC(=O)[C@@H](NC(=O)CCCCCN4C(=O)C=CC4=O)C(C)C)cc3)nc2-c2ccncc2)n1. The van der Waals surface area contributed by atoms with E-state index in [0.29, 0.717) is 59.8 Å². The second kappa shape index (κ2) is 26.3. The first kappa shape index (κ1) is 54.2. The van der Waals surface area contributed by atoms with Gasteiger partial charge in [0, 0.05) is 85.4 Å². The van der Waals surface area contributed by atoms with Gasteiger partial charge in [-0.15, -0.1) is 0 Å². The first-order valence-electron chi connectivity index (χ1n) is 24.1. The lowest BCUT2D eigenvalue weighted by Gasteiger charge is -2.24. The number of primary amides is 1. The first-order valence-corrected chi connectivity index (χ1v) is 24.1. The molecule has 0 saturated carbocycles. The average molecular weight is 1000 g/mol. The number of nitrogens with two attached hydrogens (primary N) is 1. The number of urea groups is 1. The van der Waals surface area contributed by atoms with E-state index < -0.39 is 41.6 Å². The summed E-state index contributed by atoms with van der Waals surface area (Å²) in [4.78, 5) is 109. The summed E-state index contributed by atoms with van der Waals surface area (Å²) >= 11 is 0. The van der Waals surface area contributed by atoms with Crippen LogP contribution in [0.25, 0.3) is 22.6 Å². The van der Waals surface area contributed by atoms with Crippen molar-refractivity contribution in [3.63, 3.8) is 0 Å². The Kier molecular flexibility index (Phi) is 19.5. The van der Waals surface area contributed by atoms with Crippen LogP contribution in [0.5, 0.6) is 0 Å². The largest absolute Gasteiger partial charge is 0.445 e. The molecule has 6 rings (SSSR count). The number of imide groups is 1. The number of aromatic amines is 1. The van der Waals surface area contributed by atoms with Gasteiger partial charge in [0.05, 0.1) is 29.7 Å². The number of unbranched alkanes of at least 4 members (excludes halogenated alkanes) is 2. The summed E-state index contributed by atoms with van der Waals surface area (Å²) in [5, 5.41) is 8.15. The Bertz CT molecular complexity index is 2750. The number of H-pyrrole nitrogens is 1. The molecule has 0 radical (unpaired) electrons. The lowest BCUT2D eigenvalue weighted by Crippen LogP contribution is -2.45. The van der Waals surface area contributed by atoms with E-state index in [4.69, 9.17) is 15.5 Å². The molecule has 5 aromatic rings. The monoisotopic (exact) mass is 1000 g/mol. The topological polar surface area (TPSA) is 252 Å². The highest BCUT2D eigenvalue weighted by molar-refractivity contribution is 6.12. The molecule has 73 heavy (non-hydrogen) atoms. The summed E-state index contributed by atoms with van der Waals surface area (Å²) in [5.74, 6) is -4.18. The van der Waals surface area contributed by atoms with Gasteiger partial charge in [-0.05, 0) is 99.0 Å². The van der Waals surface area contributed by atoms with Crippen LogP contribution in [0.3, 0.4) is 0 Å². The molecule has 20 heteroatoms. The molecular formula is C53H60F2N10O8. The number of aryl methyl sites for hydroxylation is 1. The molecular weight excluding hydrogens is 943 g/mol. The minimum Gasteiger partial charge on any atom is -0.445 e. The minimum atomic E-state index is -0.881. The lowest BCUT2D eigenvalue weighted by atomic mass is 9.89. The van der Waals surface area contributed by atoms with Gasteiger partial charge in [0.15, 0.2) is 5.78 Å². The standard InChI is InChI=1S/C53H60F2N10O8/c1-33(2)48(63-45(67)15-5-4-6-28-65-46(68)20-21-47(65)69)43(66)30-37(11-9-25-58-52(56)71)51(70)60-38-18-16-35(17-19-38)32-73-53(72)64(29-24-39-40(54)12-8-13-41(39)55)31-44-61-49(36-22-26-57-27-23-36)50(62-44)42-14-7-10-34(3)59-42/h7-8,10,12-14,16-23,26-27,33,37,48H,4-6,9,11,15,24-25,28-32H2,1-3H3,(H,60,70)(H,61,62)(H,63,67)(H3,56,58,71)/t37-,48+/m1/s1. The van der Waals surface area contributed by atoms with Crippen molar-refractivity contribution in [2.45, 2.75) is 91.3 Å². The van der Waals surface area contributed by atoms with Crippen molar-refractivity contribution in [3.05, 3.63) is 132 Å². The predicted octanol–water partition coefficient (Wildman–Crippen LogP) is 7.09. The second-order valence-corrected chi connectivity index (χ2v) is 18.0. The number of ether oxygens (including phenoxy) is 1. The minimum absolute atomic E-state index is 0.122. The Balaban J connectivity index is 1.09. The number of benzene rings is 2.